The average molecular weight is 496 g/mol. The second-order valence-corrected chi connectivity index (χ2v) is 11.1. The number of morpholine rings is 1. The van der Waals surface area contributed by atoms with Crippen molar-refractivity contribution in [3.8, 4) is 0 Å². The molecule has 1 unspecified atom stereocenters. The molecule has 0 bridgehead atoms. The van der Waals surface area contributed by atoms with Crippen molar-refractivity contribution in [3.63, 3.8) is 0 Å². The zero-order valence-electron chi connectivity index (χ0n) is 18.6. The van der Waals surface area contributed by atoms with E-state index in [0.717, 1.165) is 11.9 Å². The maximum absolute atomic E-state index is 13.0. The number of amides is 2. The molecule has 12 heteroatoms. The van der Waals surface area contributed by atoms with E-state index in [-0.39, 0.29) is 28.4 Å². The number of sulfonamides is 1. The molecule has 2 fully saturated rings. The van der Waals surface area contributed by atoms with E-state index < -0.39 is 10.0 Å². The van der Waals surface area contributed by atoms with Crippen LogP contribution in [-0.2, 0) is 30.9 Å². The van der Waals surface area contributed by atoms with Crippen LogP contribution in [0.2, 0.25) is 0 Å². The van der Waals surface area contributed by atoms with Gasteiger partial charge in [0, 0.05) is 32.7 Å². The summed E-state index contributed by atoms with van der Waals surface area (Å²) in [4.78, 5) is 30.8. The highest BCUT2D eigenvalue weighted by atomic mass is 32.2. The van der Waals surface area contributed by atoms with Crippen molar-refractivity contribution in [1.29, 1.82) is 0 Å². The van der Waals surface area contributed by atoms with Gasteiger partial charge in [0.05, 0.1) is 40.8 Å². The van der Waals surface area contributed by atoms with Crippen LogP contribution in [0, 0.1) is 5.92 Å². The summed E-state index contributed by atoms with van der Waals surface area (Å²) in [6.45, 7) is 5.04. The lowest BCUT2D eigenvalue weighted by Crippen LogP contribution is -2.44. The van der Waals surface area contributed by atoms with E-state index in [0.29, 0.717) is 63.0 Å². The maximum atomic E-state index is 13.0. The molecule has 3 heterocycles. The number of imidazole rings is 1. The number of ether oxygens (including phenoxy) is 1. The topological polar surface area (TPSA) is 128 Å². The van der Waals surface area contributed by atoms with Crippen LogP contribution in [0.5, 0.6) is 0 Å². The number of thioether (sulfide) groups is 1. The predicted molar refractivity (Wildman–Crippen MR) is 124 cm³/mol. The van der Waals surface area contributed by atoms with E-state index in [4.69, 9.17) is 10.5 Å². The van der Waals surface area contributed by atoms with E-state index in [1.54, 1.807) is 23.1 Å². The van der Waals surface area contributed by atoms with Crippen molar-refractivity contribution in [2.45, 2.75) is 36.4 Å². The number of fused-ring (bicyclic) bond motifs is 1. The number of nitrogens with zero attached hydrogens (tertiary/aromatic N) is 4. The van der Waals surface area contributed by atoms with Gasteiger partial charge in [-0.1, -0.05) is 11.8 Å². The Labute approximate surface area is 197 Å². The Hall–Kier alpha value is -2.15. The number of nitrogens with two attached hydrogens (primary N) is 1. The molecule has 1 aromatic carbocycles. The molecule has 2 aliphatic heterocycles. The minimum Gasteiger partial charge on any atom is -0.379 e. The predicted octanol–water partition coefficient (Wildman–Crippen LogP) is 0.893. The summed E-state index contributed by atoms with van der Waals surface area (Å²) in [5, 5.41) is 0.658. The zero-order chi connectivity index (χ0) is 23.6. The Morgan fingerprint density at radius 2 is 2.00 bits per heavy atom. The van der Waals surface area contributed by atoms with E-state index in [1.807, 2.05) is 11.5 Å². The van der Waals surface area contributed by atoms with Gasteiger partial charge in [0.2, 0.25) is 21.8 Å². The van der Waals surface area contributed by atoms with E-state index in [1.165, 1.54) is 16.1 Å². The summed E-state index contributed by atoms with van der Waals surface area (Å²) in [5.74, 6) is -0.528. The molecule has 10 nitrogen and oxygen atoms in total. The van der Waals surface area contributed by atoms with Gasteiger partial charge >= 0.3 is 0 Å². The molecule has 2 amide bonds. The number of rotatable bonds is 7. The second kappa shape index (κ2) is 10.00. The van der Waals surface area contributed by atoms with Gasteiger partial charge in [0.25, 0.3) is 0 Å². The van der Waals surface area contributed by atoms with E-state index in [9.17, 15) is 18.0 Å². The van der Waals surface area contributed by atoms with Gasteiger partial charge in [-0.25, -0.2) is 13.4 Å². The average Bonchev–Trinajstić information content (AvgIpc) is 3.19. The van der Waals surface area contributed by atoms with Gasteiger partial charge < -0.3 is 19.9 Å². The minimum atomic E-state index is -3.62. The van der Waals surface area contributed by atoms with Crippen LogP contribution < -0.4 is 5.73 Å². The molecule has 0 saturated carbocycles. The molecule has 180 valence electrons. The third kappa shape index (κ3) is 5.03. The van der Waals surface area contributed by atoms with Gasteiger partial charge in [-0.05, 0) is 38.0 Å². The molecule has 4 rings (SSSR count). The molecule has 2 N–H and O–H groups in total. The van der Waals surface area contributed by atoms with Crippen molar-refractivity contribution in [1.82, 2.24) is 18.8 Å². The van der Waals surface area contributed by atoms with E-state index in [2.05, 4.69) is 4.98 Å². The van der Waals surface area contributed by atoms with Gasteiger partial charge in [-0.3, -0.25) is 9.59 Å². The number of aromatic nitrogens is 2. The molecule has 2 saturated heterocycles. The first-order valence-corrected chi connectivity index (χ1v) is 13.5. The van der Waals surface area contributed by atoms with Crippen molar-refractivity contribution >= 4 is 44.6 Å². The third-order valence-corrected chi connectivity index (χ3v) is 8.97. The number of piperidine rings is 1. The third-order valence-electron chi connectivity index (χ3n) is 6.11. The van der Waals surface area contributed by atoms with Gasteiger partial charge in [-0.15, -0.1) is 0 Å². The van der Waals surface area contributed by atoms with Crippen LogP contribution in [0.3, 0.4) is 0 Å². The molecule has 2 aliphatic rings. The molecule has 2 aromatic rings. The molecular formula is C21H29N5O5S2. The molecule has 0 spiro atoms. The summed E-state index contributed by atoms with van der Waals surface area (Å²) in [7, 11) is -3.62. The first kappa shape index (κ1) is 24.0. The number of carbonyl (C=O) groups is 2. The number of aryl methyl sites for hydroxylation is 1. The van der Waals surface area contributed by atoms with Crippen molar-refractivity contribution in [2.24, 2.45) is 11.7 Å². The van der Waals surface area contributed by atoms with Gasteiger partial charge in [0.15, 0.2) is 5.16 Å². The zero-order valence-corrected chi connectivity index (χ0v) is 20.2. The number of hydrogen-bond acceptors (Lipinski definition) is 7. The summed E-state index contributed by atoms with van der Waals surface area (Å²) >= 11 is 1.32. The smallest absolute Gasteiger partial charge is 0.243 e. The Morgan fingerprint density at radius 1 is 1.24 bits per heavy atom. The highest BCUT2D eigenvalue weighted by molar-refractivity contribution is 7.99. The minimum absolute atomic E-state index is 0.0590. The normalized spacial score (nSPS) is 20.3. The quantitative estimate of drug-likeness (QED) is 0.565. The van der Waals surface area contributed by atoms with Crippen LogP contribution in [0.25, 0.3) is 11.0 Å². The van der Waals surface area contributed by atoms with Crippen LogP contribution >= 0.6 is 11.8 Å². The van der Waals surface area contributed by atoms with Crippen LogP contribution in [0.4, 0.5) is 0 Å². The van der Waals surface area contributed by atoms with Crippen molar-refractivity contribution in [3.05, 3.63) is 18.2 Å². The molecule has 0 aliphatic carbocycles. The summed E-state index contributed by atoms with van der Waals surface area (Å²) < 4.78 is 34.7. The second-order valence-electron chi connectivity index (χ2n) is 8.18. The first-order valence-electron chi connectivity index (χ1n) is 11.1. The lowest BCUT2D eigenvalue weighted by Gasteiger charge is -2.31. The molecule has 0 radical (unpaired) electrons. The standard InChI is InChI=1S/C21H29N5O5S2/c1-2-26-18-6-5-16(33(29,30)25-8-10-31-11-9-25)12-17(18)23-21(26)32-14-19(27)24-7-3-4-15(13-24)20(22)28/h5-6,12,15H,2-4,7-11,13-14H2,1H3,(H2,22,28). The maximum Gasteiger partial charge on any atom is 0.243 e. The SMILES string of the molecule is CCn1c(SCC(=O)N2CCCC(C(N)=O)C2)nc2cc(S(=O)(=O)N3CCOCC3)ccc21. The Kier molecular flexibility index (Phi) is 7.27. The highest BCUT2D eigenvalue weighted by Crippen LogP contribution is 2.28. The Balaban J connectivity index is 1.51. The van der Waals surface area contributed by atoms with Gasteiger partial charge in [-0.2, -0.15) is 4.31 Å². The first-order chi connectivity index (χ1) is 15.8. The van der Waals surface area contributed by atoms with Gasteiger partial charge in [0.1, 0.15) is 0 Å². The summed E-state index contributed by atoms with van der Waals surface area (Å²) in [5.41, 5.74) is 6.81. The molecule has 1 aromatic heterocycles. The lowest BCUT2D eigenvalue weighted by atomic mass is 9.97. The van der Waals surface area contributed by atoms with Crippen molar-refractivity contribution < 1.29 is 22.7 Å². The summed E-state index contributed by atoms with van der Waals surface area (Å²) in [6.07, 6.45) is 1.48. The lowest BCUT2D eigenvalue weighted by molar-refractivity contribution is -0.132. The number of likely N-dealkylation sites (tertiary alicyclic amines) is 1. The highest BCUT2D eigenvalue weighted by Gasteiger charge is 2.28. The Morgan fingerprint density at radius 3 is 2.70 bits per heavy atom. The van der Waals surface area contributed by atoms with Crippen LogP contribution in [0.1, 0.15) is 19.8 Å². The fourth-order valence-corrected chi connectivity index (χ4v) is 6.66. The van der Waals surface area contributed by atoms with Crippen LogP contribution in [-0.4, -0.2) is 84.1 Å². The monoisotopic (exact) mass is 495 g/mol. The fraction of sp³-hybridized carbons (Fsp3) is 0.571. The Bertz CT molecular complexity index is 1140. The number of carbonyl (C=O) groups excluding carboxylic acids is 2. The molecular weight excluding hydrogens is 466 g/mol. The number of primary amides is 1. The molecule has 1 atom stereocenters. The summed E-state index contributed by atoms with van der Waals surface area (Å²) in [6, 6.07) is 4.98. The fourth-order valence-electron chi connectivity index (χ4n) is 4.25. The number of benzene rings is 1. The number of hydrogen-bond donors (Lipinski definition) is 1. The van der Waals surface area contributed by atoms with Crippen LogP contribution in [0.15, 0.2) is 28.3 Å². The molecule has 33 heavy (non-hydrogen) atoms. The van der Waals surface area contributed by atoms with Crippen molar-refractivity contribution in [2.75, 3.05) is 45.1 Å². The van der Waals surface area contributed by atoms with E-state index >= 15 is 0 Å². The largest absolute Gasteiger partial charge is 0.379 e.